The van der Waals surface area contributed by atoms with Crippen LogP contribution in [0.1, 0.15) is 48.9 Å². The number of amides is 2. The normalized spacial score (nSPS) is 19.5. The number of hydrogen-bond donors (Lipinski definition) is 3. The summed E-state index contributed by atoms with van der Waals surface area (Å²) in [5.41, 5.74) is 2.19. The van der Waals surface area contributed by atoms with Crippen molar-refractivity contribution in [1.82, 2.24) is 15.3 Å². The SMILES string of the molecule is CN(C)c1nc(N[C@H]2CC[C@@H](CNC(=O)c3cccc(NC(=O)C4CC4)c3)CC2)nc2ccccc12. The van der Waals surface area contributed by atoms with E-state index in [9.17, 15) is 9.59 Å². The van der Waals surface area contributed by atoms with Gasteiger partial charge in [-0.15, -0.1) is 0 Å². The average molecular weight is 487 g/mol. The molecular formula is C28H34N6O2. The van der Waals surface area contributed by atoms with E-state index in [0.717, 1.165) is 55.2 Å². The molecule has 3 aromatic rings. The van der Waals surface area contributed by atoms with Gasteiger partial charge >= 0.3 is 0 Å². The molecule has 8 heteroatoms. The van der Waals surface area contributed by atoms with Crippen LogP contribution >= 0.6 is 0 Å². The van der Waals surface area contributed by atoms with Crippen LogP contribution in [-0.2, 0) is 4.79 Å². The molecule has 0 spiro atoms. The van der Waals surface area contributed by atoms with Crippen LogP contribution in [0.4, 0.5) is 17.5 Å². The van der Waals surface area contributed by atoms with Gasteiger partial charge < -0.3 is 20.9 Å². The maximum absolute atomic E-state index is 12.7. The molecule has 0 bridgehead atoms. The van der Waals surface area contributed by atoms with E-state index in [2.05, 4.69) is 22.0 Å². The Labute approximate surface area is 211 Å². The number of nitrogens with zero attached hydrogens (tertiary/aromatic N) is 3. The third kappa shape index (κ3) is 5.75. The van der Waals surface area contributed by atoms with Gasteiger partial charge in [-0.3, -0.25) is 9.59 Å². The average Bonchev–Trinajstić information content (AvgIpc) is 3.73. The smallest absolute Gasteiger partial charge is 0.251 e. The first-order valence-corrected chi connectivity index (χ1v) is 12.9. The molecule has 0 radical (unpaired) electrons. The first-order chi connectivity index (χ1) is 17.5. The van der Waals surface area contributed by atoms with Crippen molar-refractivity contribution in [3.8, 4) is 0 Å². The second-order valence-electron chi connectivity index (χ2n) is 10.2. The number of aromatic nitrogens is 2. The molecule has 8 nitrogen and oxygen atoms in total. The van der Waals surface area contributed by atoms with Gasteiger partial charge in [0.2, 0.25) is 11.9 Å². The molecule has 36 heavy (non-hydrogen) atoms. The molecule has 5 rings (SSSR count). The maximum Gasteiger partial charge on any atom is 0.251 e. The molecule has 2 saturated carbocycles. The Morgan fingerprint density at radius 2 is 1.72 bits per heavy atom. The molecule has 3 N–H and O–H groups in total. The number of hydrogen-bond acceptors (Lipinski definition) is 6. The van der Waals surface area contributed by atoms with Crippen LogP contribution < -0.4 is 20.9 Å². The minimum Gasteiger partial charge on any atom is -0.362 e. The lowest BCUT2D eigenvalue weighted by Crippen LogP contribution is -2.34. The summed E-state index contributed by atoms with van der Waals surface area (Å²) in [6.45, 7) is 0.654. The van der Waals surface area contributed by atoms with Crippen LogP contribution in [0.2, 0.25) is 0 Å². The van der Waals surface area contributed by atoms with Crippen molar-refractivity contribution in [2.45, 2.75) is 44.6 Å². The van der Waals surface area contributed by atoms with Gasteiger partial charge in [0.1, 0.15) is 5.82 Å². The molecule has 2 fully saturated rings. The van der Waals surface area contributed by atoms with Crippen LogP contribution in [-0.4, -0.2) is 48.5 Å². The second-order valence-corrected chi connectivity index (χ2v) is 10.2. The fourth-order valence-electron chi connectivity index (χ4n) is 4.83. The Bertz CT molecular complexity index is 1250. The standard InChI is InChI=1S/C28H34N6O2/c1-34(2)25-23-8-3-4-9-24(23)32-28(33-25)31-21-14-10-18(11-15-21)17-29-26(35)20-6-5-7-22(16-20)30-27(36)19-12-13-19/h3-9,16,18-19,21H,10-15,17H2,1-2H3,(H,29,35)(H,30,36)(H,31,32,33)/t18-,21+. The van der Waals surface area contributed by atoms with Gasteiger partial charge in [0, 0.05) is 49.2 Å². The fraction of sp³-hybridized carbons (Fsp3) is 0.429. The Morgan fingerprint density at radius 1 is 0.944 bits per heavy atom. The molecule has 0 atom stereocenters. The van der Waals surface area contributed by atoms with Crippen molar-refractivity contribution in [2.75, 3.05) is 36.2 Å². The van der Waals surface area contributed by atoms with Gasteiger partial charge in [0.25, 0.3) is 5.91 Å². The highest BCUT2D eigenvalue weighted by molar-refractivity contribution is 5.98. The summed E-state index contributed by atoms with van der Waals surface area (Å²) < 4.78 is 0. The maximum atomic E-state index is 12.7. The van der Waals surface area contributed by atoms with Crippen LogP contribution in [0.5, 0.6) is 0 Å². The third-order valence-corrected chi connectivity index (χ3v) is 7.08. The lowest BCUT2D eigenvalue weighted by Gasteiger charge is -2.29. The van der Waals surface area contributed by atoms with Crippen molar-refractivity contribution in [3.05, 3.63) is 54.1 Å². The first-order valence-electron chi connectivity index (χ1n) is 12.9. The molecule has 188 valence electrons. The predicted octanol–water partition coefficient (Wildman–Crippen LogP) is 4.45. The number of rotatable bonds is 8. The lowest BCUT2D eigenvalue weighted by molar-refractivity contribution is -0.117. The monoisotopic (exact) mass is 486 g/mol. The number of fused-ring (bicyclic) bond motifs is 1. The zero-order valence-electron chi connectivity index (χ0n) is 21.0. The van der Waals surface area contributed by atoms with Gasteiger partial charge in [0.15, 0.2) is 0 Å². The van der Waals surface area contributed by atoms with Gasteiger partial charge in [-0.1, -0.05) is 18.2 Å². The quantitative estimate of drug-likeness (QED) is 0.435. The highest BCUT2D eigenvalue weighted by Gasteiger charge is 2.29. The molecule has 0 aliphatic heterocycles. The summed E-state index contributed by atoms with van der Waals surface area (Å²) in [5, 5.41) is 10.6. The molecule has 0 saturated heterocycles. The van der Waals surface area contributed by atoms with E-state index in [-0.39, 0.29) is 17.7 Å². The van der Waals surface area contributed by atoms with E-state index >= 15 is 0 Å². The van der Waals surface area contributed by atoms with Gasteiger partial charge in [-0.25, -0.2) is 4.98 Å². The van der Waals surface area contributed by atoms with Crippen LogP contribution in [0.25, 0.3) is 10.9 Å². The molecular weight excluding hydrogens is 452 g/mol. The Balaban J connectivity index is 1.11. The summed E-state index contributed by atoms with van der Waals surface area (Å²) in [6.07, 6.45) is 5.99. The van der Waals surface area contributed by atoms with E-state index < -0.39 is 0 Å². The van der Waals surface area contributed by atoms with E-state index in [1.54, 1.807) is 12.1 Å². The number of anilines is 3. The fourth-order valence-corrected chi connectivity index (χ4v) is 4.83. The van der Waals surface area contributed by atoms with E-state index in [1.165, 1.54) is 0 Å². The number of carbonyl (C=O) groups is 2. The van der Waals surface area contributed by atoms with Gasteiger partial charge in [-0.2, -0.15) is 4.98 Å². The predicted molar refractivity (Wildman–Crippen MR) is 143 cm³/mol. The van der Waals surface area contributed by atoms with E-state index in [1.807, 2.05) is 49.3 Å². The molecule has 2 aliphatic rings. The molecule has 2 amide bonds. The Hall–Kier alpha value is -3.68. The first kappa shape index (κ1) is 24.0. The Morgan fingerprint density at radius 3 is 2.47 bits per heavy atom. The number of benzene rings is 2. The molecule has 2 aromatic carbocycles. The summed E-state index contributed by atoms with van der Waals surface area (Å²) in [6, 6.07) is 15.6. The number of carbonyl (C=O) groups excluding carboxylic acids is 2. The minimum absolute atomic E-state index is 0.0463. The van der Waals surface area contributed by atoms with Gasteiger partial charge in [0.05, 0.1) is 5.52 Å². The molecule has 0 unspecified atom stereocenters. The largest absolute Gasteiger partial charge is 0.362 e. The highest BCUT2D eigenvalue weighted by atomic mass is 16.2. The zero-order chi connectivity index (χ0) is 25.1. The highest BCUT2D eigenvalue weighted by Crippen LogP contribution is 2.30. The summed E-state index contributed by atoms with van der Waals surface area (Å²) in [5.74, 6) is 2.11. The third-order valence-electron chi connectivity index (χ3n) is 7.08. The summed E-state index contributed by atoms with van der Waals surface area (Å²) in [4.78, 5) is 36.2. The van der Waals surface area contributed by atoms with Crippen LogP contribution in [0.15, 0.2) is 48.5 Å². The number of nitrogens with one attached hydrogen (secondary N) is 3. The lowest BCUT2D eigenvalue weighted by atomic mass is 9.86. The summed E-state index contributed by atoms with van der Waals surface area (Å²) >= 11 is 0. The number of para-hydroxylation sites is 1. The van der Waals surface area contributed by atoms with E-state index in [4.69, 9.17) is 9.97 Å². The minimum atomic E-state index is -0.0986. The van der Waals surface area contributed by atoms with Crippen LogP contribution in [0.3, 0.4) is 0 Å². The van der Waals surface area contributed by atoms with Crippen molar-refractivity contribution in [1.29, 1.82) is 0 Å². The molecule has 1 aromatic heterocycles. The zero-order valence-corrected chi connectivity index (χ0v) is 21.0. The van der Waals surface area contributed by atoms with Crippen molar-refractivity contribution in [3.63, 3.8) is 0 Å². The summed E-state index contributed by atoms with van der Waals surface area (Å²) in [7, 11) is 4.00. The second kappa shape index (κ2) is 10.5. The molecule has 2 aliphatic carbocycles. The van der Waals surface area contributed by atoms with Crippen molar-refractivity contribution in [2.24, 2.45) is 11.8 Å². The molecule has 1 heterocycles. The topological polar surface area (TPSA) is 99.3 Å². The van der Waals surface area contributed by atoms with Crippen molar-refractivity contribution >= 4 is 40.2 Å². The van der Waals surface area contributed by atoms with E-state index in [0.29, 0.717) is 35.7 Å². The van der Waals surface area contributed by atoms with Crippen molar-refractivity contribution < 1.29 is 9.59 Å². The van der Waals surface area contributed by atoms with Crippen LogP contribution in [0, 0.1) is 11.8 Å². The Kier molecular flexibility index (Phi) is 7.02. The van der Waals surface area contributed by atoms with Gasteiger partial charge in [-0.05, 0) is 74.8 Å².